The summed E-state index contributed by atoms with van der Waals surface area (Å²) in [6.45, 7) is 4.58. The molecule has 2 aromatic carbocycles. The van der Waals surface area contributed by atoms with Gasteiger partial charge in [-0.3, -0.25) is 4.79 Å². The van der Waals surface area contributed by atoms with Crippen LogP contribution in [0.4, 0.5) is 0 Å². The fourth-order valence-corrected chi connectivity index (χ4v) is 2.24. The number of amides is 1. The lowest BCUT2D eigenvalue weighted by molar-refractivity contribution is -0.132. The monoisotopic (exact) mass is 313 g/mol. The minimum Gasteiger partial charge on any atom is -0.496 e. The number of methoxy groups -OCH3 is 1. The fourth-order valence-electron chi connectivity index (χ4n) is 2.24. The van der Waals surface area contributed by atoms with E-state index in [1.165, 1.54) is 5.56 Å². The van der Waals surface area contributed by atoms with Crippen molar-refractivity contribution in [1.82, 2.24) is 4.90 Å². The highest BCUT2D eigenvalue weighted by Crippen LogP contribution is 2.19. The summed E-state index contributed by atoms with van der Waals surface area (Å²) in [5.74, 6) is 1.42. The van der Waals surface area contributed by atoms with E-state index in [2.05, 4.69) is 0 Å². The molecule has 0 saturated heterocycles. The molecule has 0 radical (unpaired) electrons. The van der Waals surface area contributed by atoms with Crippen LogP contribution in [0.15, 0.2) is 42.5 Å². The minimum absolute atomic E-state index is 0.0220. The van der Waals surface area contributed by atoms with Gasteiger partial charge >= 0.3 is 0 Å². The van der Waals surface area contributed by atoms with E-state index in [9.17, 15) is 4.79 Å². The number of para-hydroxylation sites is 1. The first-order chi connectivity index (χ1) is 11.0. The van der Waals surface area contributed by atoms with Crippen molar-refractivity contribution in [2.24, 2.45) is 0 Å². The topological polar surface area (TPSA) is 38.8 Å². The Bertz CT molecular complexity index is 682. The van der Waals surface area contributed by atoms with Crippen LogP contribution in [-0.2, 0) is 11.3 Å². The van der Waals surface area contributed by atoms with Gasteiger partial charge < -0.3 is 14.4 Å². The lowest BCUT2D eigenvalue weighted by Gasteiger charge is -2.19. The number of benzene rings is 2. The fraction of sp³-hybridized carbons (Fsp3) is 0.316. The molecule has 0 aromatic heterocycles. The Morgan fingerprint density at radius 3 is 2.52 bits per heavy atom. The lowest BCUT2D eigenvalue weighted by Crippen LogP contribution is -2.31. The molecule has 23 heavy (non-hydrogen) atoms. The largest absolute Gasteiger partial charge is 0.496 e. The third-order valence-electron chi connectivity index (χ3n) is 3.87. The summed E-state index contributed by atoms with van der Waals surface area (Å²) in [6.07, 6.45) is 0. The number of likely N-dealkylation sites (N-methyl/N-ethyl adjacent to an activating group) is 1. The quantitative estimate of drug-likeness (QED) is 0.821. The minimum atomic E-state index is -0.0749. The number of nitrogens with zero attached hydrogens (tertiary/aromatic N) is 1. The van der Waals surface area contributed by atoms with Gasteiger partial charge in [0.1, 0.15) is 11.5 Å². The summed E-state index contributed by atoms with van der Waals surface area (Å²) < 4.78 is 10.9. The Balaban J connectivity index is 1.93. The number of aryl methyl sites for hydroxylation is 2. The van der Waals surface area contributed by atoms with E-state index >= 15 is 0 Å². The van der Waals surface area contributed by atoms with E-state index in [-0.39, 0.29) is 12.5 Å². The molecule has 0 unspecified atom stereocenters. The second-order valence-corrected chi connectivity index (χ2v) is 5.60. The van der Waals surface area contributed by atoms with Gasteiger partial charge in [-0.25, -0.2) is 0 Å². The molecule has 1 amide bonds. The third kappa shape index (κ3) is 4.49. The molecule has 0 saturated carbocycles. The normalized spacial score (nSPS) is 10.3. The van der Waals surface area contributed by atoms with Gasteiger partial charge in [-0.15, -0.1) is 0 Å². The smallest absolute Gasteiger partial charge is 0.260 e. The Hall–Kier alpha value is -2.49. The number of hydrogen-bond donors (Lipinski definition) is 0. The van der Waals surface area contributed by atoms with E-state index in [1.807, 2.05) is 56.3 Å². The number of carbonyl (C=O) groups is 1. The molecule has 0 spiro atoms. The molecule has 122 valence electrons. The zero-order valence-electron chi connectivity index (χ0n) is 14.1. The van der Waals surface area contributed by atoms with E-state index < -0.39 is 0 Å². The molecule has 0 aliphatic heterocycles. The summed E-state index contributed by atoms with van der Waals surface area (Å²) in [4.78, 5) is 13.9. The molecule has 0 atom stereocenters. The molecule has 0 fully saturated rings. The molecular formula is C19H23NO3. The first-order valence-corrected chi connectivity index (χ1v) is 7.57. The van der Waals surface area contributed by atoms with E-state index in [4.69, 9.17) is 9.47 Å². The van der Waals surface area contributed by atoms with Crippen molar-refractivity contribution >= 4 is 5.91 Å². The van der Waals surface area contributed by atoms with Crippen molar-refractivity contribution < 1.29 is 14.3 Å². The second-order valence-electron chi connectivity index (χ2n) is 5.60. The van der Waals surface area contributed by atoms with Gasteiger partial charge in [0.15, 0.2) is 6.61 Å². The highest BCUT2D eigenvalue weighted by atomic mass is 16.5. The first kappa shape index (κ1) is 16.9. The van der Waals surface area contributed by atoms with Gasteiger partial charge in [0, 0.05) is 19.2 Å². The molecule has 4 heteroatoms. The van der Waals surface area contributed by atoms with Crippen LogP contribution in [0.5, 0.6) is 11.5 Å². The Morgan fingerprint density at radius 2 is 1.83 bits per heavy atom. The van der Waals surface area contributed by atoms with Crippen molar-refractivity contribution in [2.45, 2.75) is 20.4 Å². The molecular weight excluding hydrogens is 290 g/mol. The second kappa shape index (κ2) is 7.68. The van der Waals surface area contributed by atoms with Gasteiger partial charge in [-0.05, 0) is 43.2 Å². The van der Waals surface area contributed by atoms with Gasteiger partial charge in [0.05, 0.1) is 7.11 Å². The molecule has 2 rings (SSSR count). The van der Waals surface area contributed by atoms with E-state index in [1.54, 1.807) is 19.1 Å². The standard InChI is InChI=1S/C19H23NO3/c1-14-9-10-17(11-15(14)2)23-13-19(21)20(3)12-16-7-5-6-8-18(16)22-4/h5-11H,12-13H2,1-4H3. The predicted octanol–water partition coefficient (Wildman–Crippen LogP) is 3.35. The van der Waals surface area contributed by atoms with Crippen molar-refractivity contribution in [3.63, 3.8) is 0 Å². The molecule has 0 heterocycles. The van der Waals surface area contributed by atoms with Crippen LogP contribution in [0.1, 0.15) is 16.7 Å². The Morgan fingerprint density at radius 1 is 1.09 bits per heavy atom. The van der Waals surface area contributed by atoms with Crippen molar-refractivity contribution in [2.75, 3.05) is 20.8 Å². The molecule has 0 N–H and O–H groups in total. The Kier molecular flexibility index (Phi) is 5.63. The molecule has 0 aliphatic carbocycles. The number of carbonyl (C=O) groups excluding carboxylic acids is 1. The first-order valence-electron chi connectivity index (χ1n) is 7.57. The summed E-state index contributed by atoms with van der Waals surface area (Å²) in [5, 5.41) is 0. The van der Waals surface area contributed by atoms with E-state index in [0.717, 1.165) is 16.9 Å². The average Bonchev–Trinajstić information content (AvgIpc) is 2.56. The van der Waals surface area contributed by atoms with Gasteiger partial charge in [-0.2, -0.15) is 0 Å². The van der Waals surface area contributed by atoms with Crippen LogP contribution >= 0.6 is 0 Å². The maximum absolute atomic E-state index is 12.2. The van der Waals surface area contributed by atoms with Crippen LogP contribution in [0.25, 0.3) is 0 Å². The molecule has 0 bridgehead atoms. The van der Waals surface area contributed by atoms with Crippen LogP contribution in [0, 0.1) is 13.8 Å². The van der Waals surface area contributed by atoms with Crippen LogP contribution in [-0.4, -0.2) is 31.6 Å². The van der Waals surface area contributed by atoms with E-state index in [0.29, 0.717) is 12.3 Å². The number of hydrogen-bond acceptors (Lipinski definition) is 3. The SMILES string of the molecule is COc1ccccc1CN(C)C(=O)COc1ccc(C)c(C)c1. The van der Waals surface area contributed by atoms with Crippen molar-refractivity contribution in [3.05, 3.63) is 59.2 Å². The zero-order chi connectivity index (χ0) is 16.8. The molecule has 0 aliphatic rings. The van der Waals surface area contributed by atoms with Crippen LogP contribution < -0.4 is 9.47 Å². The lowest BCUT2D eigenvalue weighted by atomic mass is 10.1. The number of ether oxygens (including phenoxy) is 2. The Labute approximate surface area is 137 Å². The van der Waals surface area contributed by atoms with Crippen molar-refractivity contribution in [1.29, 1.82) is 0 Å². The maximum Gasteiger partial charge on any atom is 0.260 e. The third-order valence-corrected chi connectivity index (χ3v) is 3.87. The number of rotatable bonds is 6. The average molecular weight is 313 g/mol. The molecule has 2 aromatic rings. The summed E-state index contributed by atoms with van der Waals surface area (Å²) in [7, 11) is 3.39. The van der Waals surface area contributed by atoms with Gasteiger partial charge in [0.25, 0.3) is 5.91 Å². The zero-order valence-corrected chi connectivity index (χ0v) is 14.1. The highest BCUT2D eigenvalue weighted by Gasteiger charge is 2.12. The summed E-state index contributed by atoms with van der Waals surface area (Å²) in [6, 6.07) is 13.5. The van der Waals surface area contributed by atoms with Crippen LogP contribution in [0.2, 0.25) is 0 Å². The highest BCUT2D eigenvalue weighted by molar-refractivity contribution is 5.77. The predicted molar refractivity (Wildman–Crippen MR) is 90.9 cm³/mol. The van der Waals surface area contributed by atoms with Crippen molar-refractivity contribution in [3.8, 4) is 11.5 Å². The summed E-state index contributed by atoms with van der Waals surface area (Å²) >= 11 is 0. The van der Waals surface area contributed by atoms with Gasteiger partial charge in [-0.1, -0.05) is 24.3 Å². The van der Waals surface area contributed by atoms with Gasteiger partial charge in [0.2, 0.25) is 0 Å². The van der Waals surface area contributed by atoms with Crippen LogP contribution in [0.3, 0.4) is 0 Å². The summed E-state index contributed by atoms with van der Waals surface area (Å²) in [5.41, 5.74) is 3.33. The maximum atomic E-state index is 12.2. The molecule has 4 nitrogen and oxygen atoms in total.